The maximum absolute atomic E-state index is 12.2. The second-order valence-electron chi connectivity index (χ2n) is 6.72. The maximum Gasteiger partial charge on any atom is 0.251 e. The van der Waals surface area contributed by atoms with E-state index in [0.29, 0.717) is 12.1 Å². The van der Waals surface area contributed by atoms with Crippen LogP contribution in [0.5, 0.6) is 0 Å². The molecule has 0 fully saturated rings. The molecule has 0 bridgehead atoms. The fraction of sp³-hybridized carbons (Fsp3) is 0.263. The topological polar surface area (TPSA) is 93.5 Å². The quantitative estimate of drug-likeness (QED) is 0.349. The highest BCUT2D eigenvalue weighted by atomic mass is 16.1. The van der Waals surface area contributed by atoms with Gasteiger partial charge in [0.05, 0.1) is 0 Å². The first-order valence-electron chi connectivity index (χ1n) is 7.82. The van der Waals surface area contributed by atoms with Crippen LogP contribution in [0.25, 0.3) is 0 Å². The number of hydrogen-bond donors (Lipinski definition) is 3. The van der Waals surface area contributed by atoms with E-state index < -0.39 is 0 Å². The molecule has 0 radical (unpaired) electrons. The Morgan fingerprint density at radius 1 is 1.00 bits per heavy atom. The molecule has 0 aromatic heterocycles. The lowest BCUT2D eigenvalue weighted by molar-refractivity contribution is 0.0951. The number of benzene rings is 2. The Morgan fingerprint density at radius 3 is 2.04 bits per heavy atom. The van der Waals surface area contributed by atoms with Crippen molar-refractivity contribution in [2.45, 2.75) is 32.7 Å². The van der Waals surface area contributed by atoms with Gasteiger partial charge in [-0.2, -0.15) is 5.10 Å². The van der Waals surface area contributed by atoms with Crippen molar-refractivity contribution in [2.24, 2.45) is 16.7 Å². The molecule has 5 nitrogen and oxygen atoms in total. The summed E-state index contributed by atoms with van der Waals surface area (Å²) < 4.78 is 0. The van der Waals surface area contributed by atoms with Gasteiger partial charge in [0.1, 0.15) is 5.84 Å². The molecule has 0 aliphatic carbocycles. The number of hydrogen-bond acceptors (Lipinski definition) is 3. The van der Waals surface area contributed by atoms with Gasteiger partial charge in [0.15, 0.2) is 0 Å². The molecule has 0 atom stereocenters. The van der Waals surface area contributed by atoms with E-state index in [1.165, 1.54) is 5.56 Å². The van der Waals surface area contributed by atoms with Gasteiger partial charge >= 0.3 is 0 Å². The summed E-state index contributed by atoms with van der Waals surface area (Å²) in [4.78, 5) is 12.2. The van der Waals surface area contributed by atoms with Crippen LogP contribution in [0, 0.1) is 0 Å². The van der Waals surface area contributed by atoms with E-state index in [9.17, 15) is 4.79 Å². The van der Waals surface area contributed by atoms with Crippen LogP contribution in [0.1, 0.15) is 47.8 Å². The van der Waals surface area contributed by atoms with Crippen LogP contribution < -0.4 is 16.9 Å². The third-order valence-corrected chi connectivity index (χ3v) is 3.85. The molecule has 2 aromatic carbocycles. The molecule has 0 unspecified atom stereocenters. The van der Waals surface area contributed by atoms with E-state index in [1.807, 2.05) is 48.5 Å². The van der Waals surface area contributed by atoms with Crippen molar-refractivity contribution in [3.63, 3.8) is 0 Å². The smallest absolute Gasteiger partial charge is 0.251 e. The molecule has 0 saturated carbocycles. The number of rotatable bonds is 4. The number of amides is 1. The highest BCUT2D eigenvalue weighted by Crippen LogP contribution is 2.22. The minimum atomic E-state index is -0.0948. The van der Waals surface area contributed by atoms with Gasteiger partial charge in [-0.15, -0.1) is 0 Å². The largest absolute Gasteiger partial charge is 0.382 e. The Bertz CT molecular complexity index is 725. The van der Waals surface area contributed by atoms with Gasteiger partial charge in [-0.25, -0.2) is 0 Å². The van der Waals surface area contributed by atoms with Crippen LogP contribution in [-0.2, 0) is 12.0 Å². The average Bonchev–Trinajstić information content (AvgIpc) is 2.58. The SMILES string of the molecule is CC(C)(C)c1ccc(C(=O)NCc2ccc(/C(N)=N/N)cc2)cc1. The molecule has 5 N–H and O–H groups in total. The zero-order valence-corrected chi connectivity index (χ0v) is 14.3. The van der Waals surface area contributed by atoms with E-state index in [4.69, 9.17) is 11.6 Å². The second-order valence-corrected chi connectivity index (χ2v) is 6.72. The molecule has 0 spiro atoms. The molecule has 2 rings (SSSR count). The van der Waals surface area contributed by atoms with Crippen LogP contribution in [0.4, 0.5) is 0 Å². The number of hydrazone groups is 1. The number of nitrogens with zero attached hydrogens (tertiary/aromatic N) is 1. The van der Waals surface area contributed by atoms with Crippen molar-refractivity contribution in [2.75, 3.05) is 0 Å². The fourth-order valence-electron chi connectivity index (χ4n) is 2.27. The Balaban J connectivity index is 1.98. The van der Waals surface area contributed by atoms with Gasteiger partial charge < -0.3 is 16.9 Å². The highest BCUT2D eigenvalue weighted by Gasteiger charge is 2.14. The first-order chi connectivity index (χ1) is 11.3. The molecular formula is C19H24N4O. The van der Waals surface area contributed by atoms with Gasteiger partial charge in [-0.05, 0) is 28.7 Å². The van der Waals surface area contributed by atoms with E-state index in [0.717, 1.165) is 11.1 Å². The van der Waals surface area contributed by atoms with Crippen LogP contribution in [0.3, 0.4) is 0 Å². The first kappa shape index (κ1) is 17.5. The number of nitrogens with two attached hydrogens (primary N) is 2. The fourth-order valence-corrected chi connectivity index (χ4v) is 2.27. The summed E-state index contributed by atoms with van der Waals surface area (Å²) >= 11 is 0. The Hall–Kier alpha value is -2.82. The normalized spacial score (nSPS) is 12.0. The number of nitrogens with one attached hydrogen (secondary N) is 1. The average molecular weight is 324 g/mol. The van der Waals surface area contributed by atoms with Crippen LogP contribution in [0.2, 0.25) is 0 Å². The number of amidine groups is 1. The second kappa shape index (κ2) is 7.17. The predicted molar refractivity (Wildman–Crippen MR) is 97.7 cm³/mol. The van der Waals surface area contributed by atoms with Gasteiger partial charge in [0.25, 0.3) is 5.91 Å². The molecule has 24 heavy (non-hydrogen) atoms. The summed E-state index contributed by atoms with van der Waals surface area (Å²) in [6.07, 6.45) is 0. The molecule has 0 heterocycles. The Morgan fingerprint density at radius 2 is 1.54 bits per heavy atom. The Labute approximate surface area is 142 Å². The third-order valence-electron chi connectivity index (χ3n) is 3.85. The van der Waals surface area contributed by atoms with Crippen molar-refractivity contribution >= 4 is 11.7 Å². The first-order valence-corrected chi connectivity index (χ1v) is 7.82. The summed E-state index contributed by atoms with van der Waals surface area (Å²) in [5.74, 6) is 5.34. The van der Waals surface area contributed by atoms with Crippen LogP contribution >= 0.6 is 0 Å². The molecule has 0 aliphatic heterocycles. The van der Waals surface area contributed by atoms with Gasteiger partial charge in [0.2, 0.25) is 0 Å². The molecule has 0 aliphatic rings. The Kier molecular flexibility index (Phi) is 5.24. The lowest BCUT2D eigenvalue weighted by atomic mass is 9.87. The van der Waals surface area contributed by atoms with Crippen molar-refractivity contribution in [1.82, 2.24) is 5.32 Å². The third kappa shape index (κ3) is 4.35. The molecule has 126 valence electrons. The molecule has 5 heteroatoms. The van der Waals surface area contributed by atoms with E-state index in [-0.39, 0.29) is 17.2 Å². The van der Waals surface area contributed by atoms with E-state index in [2.05, 4.69) is 31.2 Å². The maximum atomic E-state index is 12.2. The van der Waals surface area contributed by atoms with Gasteiger partial charge in [0, 0.05) is 17.7 Å². The lowest BCUT2D eigenvalue weighted by Gasteiger charge is -2.19. The van der Waals surface area contributed by atoms with Crippen LogP contribution in [0.15, 0.2) is 53.6 Å². The highest BCUT2D eigenvalue weighted by molar-refractivity contribution is 5.97. The van der Waals surface area contributed by atoms with Gasteiger partial charge in [-0.1, -0.05) is 57.2 Å². The number of carbonyl (C=O) groups is 1. The van der Waals surface area contributed by atoms with E-state index >= 15 is 0 Å². The van der Waals surface area contributed by atoms with Crippen molar-refractivity contribution < 1.29 is 4.79 Å². The van der Waals surface area contributed by atoms with Crippen molar-refractivity contribution in [1.29, 1.82) is 0 Å². The zero-order chi connectivity index (χ0) is 17.7. The zero-order valence-electron chi connectivity index (χ0n) is 14.3. The standard InChI is InChI=1S/C19H24N4O/c1-19(2,3)16-10-8-15(9-11-16)18(24)22-12-13-4-6-14(7-5-13)17(20)23-21/h4-11H,12,21H2,1-3H3,(H2,20,23)(H,22,24). The summed E-state index contributed by atoms with van der Waals surface area (Å²) in [6, 6.07) is 15.1. The molecule has 2 aromatic rings. The molecule has 0 saturated heterocycles. The molecule has 1 amide bonds. The summed E-state index contributed by atoms with van der Waals surface area (Å²) in [7, 11) is 0. The van der Waals surface area contributed by atoms with E-state index in [1.54, 1.807) is 0 Å². The summed E-state index contributed by atoms with van der Waals surface area (Å²) in [6.45, 7) is 6.88. The summed E-state index contributed by atoms with van der Waals surface area (Å²) in [5.41, 5.74) is 9.30. The number of carbonyl (C=O) groups excluding carboxylic acids is 1. The minimum absolute atomic E-state index is 0.0748. The monoisotopic (exact) mass is 324 g/mol. The van der Waals surface area contributed by atoms with Crippen molar-refractivity contribution in [3.8, 4) is 0 Å². The predicted octanol–water partition coefficient (Wildman–Crippen LogP) is 2.49. The lowest BCUT2D eigenvalue weighted by Crippen LogP contribution is -2.23. The van der Waals surface area contributed by atoms with Crippen LogP contribution in [-0.4, -0.2) is 11.7 Å². The summed E-state index contributed by atoms with van der Waals surface area (Å²) in [5, 5.41) is 6.36. The molecular weight excluding hydrogens is 300 g/mol. The van der Waals surface area contributed by atoms with Crippen molar-refractivity contribution in [3.05, 3.63) is 70.8 Å². The minimum Gasteiger partial charge on any atom is -0.382 e. The van der Waals surface area contributed by atoms with Gasteiger partial charge in [-0.3, -0.25) is 4.79 Å².